The van der Waals surface area contributed by atoms with Gasteiger partial charge < -0.3 is 10.1 Å². The van der Waals surface area contributed by atoms with Gasteiger partial charge >= 0.3 is 6.36 Å². The third kappa shape index (κ3) is 5.26. The average molecular weight is 391 g/mol. The third-order valence-electron chi connectivity index (χ3n) is 3.62. The van der Waals surface area contributed by atoms with Gasteiger partial charge in [-0.15, -0.1) is 13.2 Å². The van der Waals surface area contributed by atoms with Crippen LogP contribution in [0.1, 0.15) is 16.1 Å². The van der Waals surface area contributed by atoms with E-state index in [0.29, 0.717) is 17.0 Å². The first-order chi connectivity index (χ1) is 13.3. The zero-order valence-corrected chi connectivity index (χ0v) is 14.2. The summed E-state index contributed by atoms with van der Waals surface area (Å²) in [6, 6.07) is 12.1. The molecule has 3 rings (SSSR count). The summed E-state index contributed by atoms with van der Waals surface area (Å²) in [6.45, 7) is 0.0277. The molecule has 0 aliphatic carbocycles. The fraction of sp³-hybridized carbons (Fsp3) is 0.105. The van der Waals surface area contributed by atoms with E-state index in [2.05, 4.69) is 20.0 Å². The monoisotopic (exact) mass is 391 g/mol. The lowest BCUT2D eigenvalue weighted by Gasteiger charge is -2.10. The molecule has 9 heteroatoms. The predicted molar refractivity (Wildman–Crippen MR) is 91.7 cm³/mol. The van der Waals surface area contributed by atoms with Gasteiger partial charge in [0.1, 0.15) is 17.9 Å². The van der Waals surface area contributed by atoms with Crippen LogP contribution >= 0.6 is 0 Å². The number of carbonyl (C=O) groups excluding carboxylic acids is 1. The molecule has 0 atom stereocenters. The van der Waals surface area contributed by atoms with Gasteiger partial charge in [0, 0.05) is 11.1 Å². The minimum atomic E-state index is -4.84. The second-order valence-corrected chi connectivity index (χ2v) is 5.66. The number of ether oxygens (including phenoxy) is 1. The molecule has 28 heavy (non-hydrogen) atoms. The van der Waals surface area contributed by atoms with Crippen molar-refractivity contribution in [2.75, 3.05) is 0 Å². The zero-order valence-electron chi connectivity index (χ0n) is 14.2. The number of hydrogen-bond acceptors (Lipinski definition) is 4. The van der Waals surface area contributed by atoms with Crippen molar-refractivity contribution in [3.05, 3.63) is 78.0 Å². The molecule has 1 heterocycles. The number of carbonyl (C=O) groups is 1. The summed E-state index contributed by atoms with van der Waals surface area (Å²) >= 11 is 0. The van der Waals surface area contributed by atoms with Crippen molar-refractivity contribution in [3.8, 4) is 17.0 Å². The van der Waals surface area contributed by atoms with E-state index in [4.69, 9.17) is 0 Å². The zero-order chi connectivity index (χ0) is 20.1. The Morgan fingerprint density at radius 1 is 1.04 bits per heavy atom. The molecule has 5 nitrogen and oxygen atoms in total. The maximum Gasteiger partial charge on any atom is 0.573 e. The summed E-state index contributed by atoms with van der Waals surface area (Å²) < 4.78 is 53.7. The summed E-state index contributed by atoms with van der Waals surface area (Å²) in [5.41, 5.74) is 1.70. The Hall–Kier alpha value is -3.49. The van der Waals surface area contributed by atoms with Crippen molar-refractivity contribution in [1.82, 2.24) is 15.3 Å². The van der Waals surface area contributed by atoms with Gasteiger partial charge in [-0.3, -0.25) is 4.79 Å². The number of nitrogens with zero attached hydrogens (tertiary/aromatic N) is 2. The molecule has 0 aliphatic heterocycles. The topological polar surface area (TPSA) is 64.1 Å². The minimum absolute atomic E-state index is 0.00886. The molecule has 0 spiro atoms. The van der Waals surface area contributed by atoms with E-state index in [1.54, 1.807) is 18.2 Å². The predicted octanol–water partition coefficient (Wildman–Crippen LogP) is 4.11. The van der Waals surface area contributed by atoms with E-state index in [0.717, 1.165) is 12.1 Å². The van der Waals surface area contributed by atoms with Gasteiger partial charge in [0.2, 0.25) is 0 Å². The van der Waals surface area contributed by atoms with Gasteiger partial charge in [-0.25, -0.2) is 14.4 Å². The number of hydrogen-bond donors (Lipinski definition) is 1. The summed E-state index contributed by atoms with van der Waals surface area (Å²) in [6.07, 6.45) is -3.54. The fourth-order valence-corrected chi connectivity index (χ4v) is 2.38. The second kappa shape index (κ2) is 8.03. The first kappa shape index (κ1) is 19.3. The normalized spacial score (nSPS) is 11.1. The number of aromatic nitrogens is 2. The van der Waals surface area contributed by atoms with Crippen molar-refractivity contribution < 1.29 is 27.1 Å². The van der Waals surface area contributed by atoms with Crippen molar-refractivity contribution >= 4 is 5.91 Å². The summed E-state index contributed by atoms with van der Waals surface area (Å²) in [7, 11) is 0. The summed E-state index contributed by atoms with van der Waals surface area (Å²) in [5.74, 6) is -1.45. The van der Waals surface area contributed by atoms with Gasteiger partial charge in [-0.1, -0.05) is 6.07 Å². The standard InChI is InChI=1S/C19H13F4N3O2/c20-14-6-4-12(5-7-14)17-9-15(25-11-26-17)10-24-18(27)13-2-1-3-16(8-13)28-19(21,22)23/h1-9,11H,10H2,(H,24,27). The molecule has 0 saturated heterocycles. The van der Waals surface area contributed by atoms with Crippen LogP contribution in [0.2, 0.25) is 0 Å². The minimum Gasteiger partial charge on any atom is -0.406 e. The summed E-state index contributed by atoms with van der Waals surface area (Å²) in [5, 5.41) is 2.57. The highest BCUT2D eigenvalue weighted by Gasteiger charge is 2.31. The van der Waals surface area contributed by atoms with Gasteiger partial charge in [0.05, 0.1) is 17.9 Å². The molecular formula is C19H13F4N3O2. The number of amides is 1. The van der Waals surface area contributed by atoms with Crippen LogP contribution in [-0.4, -0.2) is 22.2 Å². The lowest BCUT2D eigenvalue weighted by molar-refractivity contribution is -0.274. The van der Waals surface area contributed by atoms with E-state index in [1.165, 1.54) is 30.6 Å². The second-order valence-electron chi connectivity index (χ2n) is 5.66. The molecule has 144 valence electrons. The van der Waals surface area contributed by atoms with Crippen LogP contribution in [0.15, 0.2) is 60.9 Å². The van der Waals surface area contributed by atoms with E-state index >= 15 is 0 Å². The lowest BCUT2D eigenvalue weighted by Crippen LogP contribution is -2.23. The van der Waals surface area contributed by atoms with Crippen molar-refractivity contribution in [3.63, 3.8) is 0 Å². The smallest absolute Gasteiger partial charge is 0.406 e. The van der Waals surface area contributed by atoms with Crippen LogP contribution in [0, 0.1) is 5.82 Å². The largest absolute Gasteiger partial charge is 0.573 e. The molecule has 0 saturated carbocycles. The first-order valence-electron chi connectivity index (χ1n) is 8.01. The van der Waals surface area contributed by atoms with Crippen LogP contribution in [0.3, 0.4) is 0 Å². The average Bonchev–Trinajstić information content (AvgIpc) is 2.66. The van der Waals surface area contributed by atoms with Crippen LogP contribution in [-0.2, 0) is 6.54 Å². The highest BCUT2D eigenvalue weighted by Crippen LogP contribution is 2.23. The highest BCUT2D eigenvalue weighted by molar-refractivity contribution is 5.94. The van der Waals surface area contributed by atoms with Crippen molar-refractivity contribution in [2.45, 2.75) is 12.9 Å². The third-order valence-corrected chi connectivity index (χ3v) is 3.62. The molecule has 0 bridgehead atoms. The van der Waals surface area contributed by atoms with Crippen LogP contribution in [0.25, 0.3) is 11.3 Å². The number of benzene rings is 2. The number of halogens is 4. The Kier molecular flexibility index (Phi) is 5.53. The molecule has 1 N–H and O–H groups in total. The Labute approximate surface area is 157 Å². The molecule has 0 aliphatic rings. The molecule has 1 aromatic heterocycles. The van der Waals surface area contributed by atoms with Gasteiger partial charge in [-0.2, -0.15) is 0 Å². The Morgan fingerprint density at radius 3 is 2.50 bits per heavy atom. The molecule has 1 amide bonds. The molecular weight excluding hydrogens is 378 g/mol. The number of alkyl halides is 3. The van der Waals surface area contributed by atoms with E-state index in [-0.39, 0.29) is 17.9 Å². The maximum atomic E-state index is 13.0. The number of rotatable bonds is 5. The van der Waals surface area contributed by atoms with Crippen molar-refractivity contribution in [2.24, 2.45) is 0 Å². The van der Waals surface area contributed by atoms with Gasteiger partial charge in [-0.05, 0) is 48.5 Å². The number of nitrogens with one attached hydrogen (secondary N) is 1. The first-order valence-corrected chi connectivity index (χ1v) is 8.01. The van der Waals surface area contributed by atoms with E-state index < -0.39 is 18.0 Å². The molecule has 0 unspecified atom stereocenters. The Bertz CT molecular complexity index is 975. The van der Waals surface area contributed by atoms with Crippen LogP contribution in [0.4, 0.5) is 17.6 Å². The quantitative estimate of drug-likeness (QED) is 0.665. The van der Waals surface area contributed by atoms with Gasteiger partial charge in [0.15, 0.2) is 0 Å². The Balaban J connectivity index is 1.67. The van der Waals surface area contributed by atoms with E-state index in [1.807, 2.05) is 0 Å². The van der Waals surface area contributed by atoms with E-state index in [9.17, 15) is 22.4 Å². The molecule has 0 radical (unpaired) electrons. The highest BCUT2D eigenvalue weighted by atomic mass is 19.4. The molecule has 2 aromatic carbocycles. The Morgan fingerprint density at radius 2 is 1.79 bits per heavy atom. The van der Waals surface area contributed by atoms with Crippen molar-refractivity contribution in [1.29, 1.82) is 0 Å². The van der Waals surface area contributed by atoms with Crippen LogP contribution < -0.4 is 10.1 Å². The molecule has 0 fully saturated rings. The van der Waals surface area contributed by atoms with Crippen LogP contribution in [0.5, 0.6) is 5.75 Å². The van der Waals surface area contributed by atoms with Gasteiger partial charge in [0.25, 0.3) is 5.91 Å². The lowest BCUT2D eigenvalue weighted by atomic mass is 10.1. The summed E-state index contributed by atoms with van der Waals surface area (Å²) in [4.78, 5) is 20.3. The SMILES string of the molecule is O=C(NCc1cc(-c2ccc(F)cc2)ncn1)c1cccc(OC(F)(F)F)c1. The molecule has 3 aromatic rings. The maximum absolute atomic E-state index is 13.0. The fourth-order valence-electron chi connectivity index (χ4n) is 2.38.